The number of nitrogens with zero attached hydrogens (tertiary/aromatic N) is 2. The monoisotopic (exact) mass is 401 g/mol. The van der Waals surface area contributed by atoms with Crippen molar-refractivity contribution in [3.05, 3.63) is 66.7 Å². The number of nitrogens with one attached hydrogen (secondary N) is 1. The lowest BCUT2D eigenvalue weighted by Crippen LogP contribution is -2.58. The number of carbonyl (C=O) groups excluding carboxylic acids is 2. The molecule has 5 heteroatoms. The zero-order chi connectivity index (χ0) is 20.5. The van der Waals surface area contributed by atoms with Gasteiger partial charge in [-0.15, -0.1) is 0 Å². The number of anilines is 1. The topological polar surface area (TPSA) is 52.7 Å². The number of rotatable bonds is 4. The molecule has 0 radical (unpaired) electrons. The molecule has 30 heavy (non-hydrogen) atoms. The molecular weight excluding hydrogens is 374 g/mol. The second-order valence-corrected chi connectivity index (χ2v) is 8.58. The number of hydrogen-bond donors (Lipinski definition) is 1. The maximum absolute atomic E-state index is 13.0. The van der Waals surface area contributed by atoms with E-state index < -0.39 is 0 Å². The molecule has 2 bridgehead atoms. The van der Waals surface area contributed by atoms with Crippen LogP contribution >= 0.6 is 0 Å². The summed E-state index contributed by atoms with van der Waals surface area (Å²) >= 11 is 0. The predicted molar refractivity (Wildman–Crippen MR) is 118 cm³/mol. The molecule has 2 atom stereocenters. The van der Waals surface area contributed by atoms with Gasteiger partial charge in [0.1, 0.15) is 0 Å². The Balaban J connectivity index is 1.31. The second-order valence-electron chi connectivity index (χ2n) is 8.58. The van der Waals surface area contributed by atoms with Crippen molar-refractivity contribution in [2.24, 2.45) is 11.8 Å². The molecular formula is C25H27N3O2. The first-order valence-corrected chi connectivity index (χ1v) is 10.9. The number of hydrogen-bond acceptors (Lipinski definition) is 3. The van der Waals surface area contributed by atoms with Gasteiger partial charge in [-0.3, -0.25) is 9.59 Å². The minimum absolute atomic E-state index is 0.0294. The maximum Gasteiger partial charge on any atom is 0.250 e. The van der Waals surface area contributed by atoms with Crippen molar-refractivity contribution in [3.8, 4) is 11.1 Å². The molecule has 4 aliphatic rings. The largest absolute Gasteiger partial charge is 0.351 e. The molecule has 0 saturated carbocycles. The van der Waals surface area contributed by atoms with Gasteiger partial charge >= 0.3 is 0 Å². The van der Waals surface area contributed by atoms with Crippen LogP contribution in [0.5, 0.6) is 0 Å². The third-order valence-electron chi connectivity index (χ3n) is 6.70. The van der Waals surface area contributed by atoms with E-state index >= 15 is 0 Å². The Labute approximate surface area is 177 Å². The standard InChI is InChI=1S/C25H27N3O2/c29-24-10-9-21(25(30)26-23-17-27-13-11-19(23)12-14-27)16-28(24)22-8-4-7-20(15-22)18-5-2-1-3-6-18/h1-10,15,19,21,23H,11-14,16-17H2,(H,26,30). The lowest BCUT2D eigenvalue weighted by Gasteiger charge is -2.45. The van der Waals surface area contributed by atoms with Crippen LogP contribution in [0.3, 0.4) is 0 Å². The molecule has 2 aromatic carbocycles. The molecule has 154 valence electrons. The number of benzene rings is 2. The molecule has 0 spiro atoms. The van der Waals surface area contributed by atoms with Gasteiger partial charge in [-0.2, -0.15) is 0 Å². The summed E-state index contributed by atoms with van der Waals surface area (Å²) in [5, 5.41) is 3.27. The number of amides is 2. The molecule has 0 aliphatic carbocycles. The van der Waals surface area contributed by atoms with Gasteiger partial charge in [0.05, 0.1) is 5.92 Å². The summed E-state index contributed by atoms with van der Waals surface area (Å²) in [7, 11) is 0. The molecule has 1 N–H and O–H groups in total. The predicted octanol–water partition coefficient (Wildman–Crippen LogP) is 3.08. The average Bonchev–Trinajstić information content (AvgIpc) is 2.81. The van der Waals surface area contributed by atoms with Gasteiger partial charge in [0, 0.05) is 30.9 Å². The number of piperidine rings is 3. The van der Waals surface area contributed by atoms with Gasteiger partial charge in [-0.05, 0) is 55.1 Å². The fourth-order valence-electron chi connectivity index (χ4n) is 4.94. The van der Waals surface area contributed by atoms with Crippen LogP contribution in [-0.4, -0.2) is 48.9 Å². The van der Waals surface area contributed by atoms with Crippen LogP contribution in [0.15, 0.2) is 66.7 Å². The third-order valence-corrected chi connectivity index (χ3v) is 6.70. The zero-order valence-corrected chi connectivity index (χ0v) is 17.0. The third kappa shape index (κ3) is 3.77. The van der Waals surface area contributed by atoms with Crippen molar-refractivity contribution in [2.75, 3.05) is 31.1 Å². The lowest BCUT2D eigenvalue weighted by atomic mass is 9.83. The first-order valence-electron chi connectivity index (χ1n) is 10.9. The van der Waals surface area contributed by atoms with E-state index in [9.17, 15) is 9.59 Å². The van der Waals surface area contributed by atoms with E-state index in [0.717, 1.165) is 36.4 Å². The molecule has 6 rings (SSSR count). The molecule has 0 aromatic heterocycles. The average molecular weight is 402 g/mol. The van der Waals surface area contributed by atoms with Crippen molar-refractivity contribution in [1.29, 1.82) is 0 Å². The first kappa shape index (κ1) is 19.1. The quantitative estimate of drug-likeness (QED) is 0.857. The van der Waals surface area contributed by atoms with Crippen LogP contribution in [-0.2, 0) is 9.59 Å². The van der Waals surface area contributed by atoms with Crippen molar-refractivity contribution in [2.45, 2.75) is 18.9 Å². The van der Waals surface area contributed by atoms with E-state index in [4.69, 9.17) is 0 Å². The van der Waals surface area contributed by atoms with E-state index in [2.05, 4.69) is 22.3 Å². The van der Waals surface area contributed by atoms with Gasteiger partial charge in [0.25, 0.3) is 5.91 Å². The summed E-state index contributed by atoms with van der Waals surface area (Å²) in [6, 6.07) is 18.3. The van der Waals surface area contributed by atoms with Gasteiger partial charge in [0.15, 0.2) is 0 Å². The van der Waals surface area contributed by atoms with Crippen LogP contribution in [0, 0.1) is 11.8 Å². The van der Waals surface area contributed by atoms with Gasteiger partial charge < -0.3 is 15.1 Å². The molecule has 3 fully saturated rings. The Morgan fingerprint density at radius 1 is 0.933 bits per heavy atom. The van der Waals surface area contributed by atoms with Gasteiger partial charge in [0.2, 0.25) is 5.91 Å². The molecule has 2 aromatic rings. The van der Waals surface area contributed by atoms with Crippen LogP contribution in [0.2, 0.25) is 0 Å². The minimum Gasteiger partial charge on any atom is -0.351 e. The van der Waals surface area contributed by atoms with Crippen molar-refractivity contribution >= 4 is 17.5 Å². The Kier molecular flexibility index (Phi) is 5.13. The SMILES string of the molecule is O=C(NC1CN2CCC1CC2)C1C=CC(=O)N(c2cccc(-c3ccccc3)c2)C1. The van der Waals surface area contributed by atoms with E-state index in [1.807, 2.05) is 42.5 Å². The highest BCUT2D eigenvalue weighted by Gasteiger charge is 2.36. The zero-order valence-electron chi connectivity index (χ0n) is 17.0. The fourth-order valence-corrected chi connectivity index (χ4v) is 4.94. The Hall–Kier alpha value is -2.92. The second kappa shape index (κ2) is 8.07. The van der Waals surface area contributed by atoms with Crippen LogP contribution < -0.4 is 10.2 Å². The van der Waals surface area contributed by atoms with E-state index in [-0.39, 0.29) is 23.8 Å². The number of fused-ring (bicyclic) bond motifs is 3. The Morgan fingerprint density at radius 3 is 2.43 bits per heavy atom. The maximum atomic E-state index is 13.0. The molecule has 5 nitrogen and oxygen atoms in total. The molecule has 2 unspecified atom stereocenters. The lowest BCUT2D eigenvalue weighted by molar-refractivity contribution is -0.125. The molecule has 3 saturated heterocycles. The first-order chi connectivity index (χ1) is 14.7. The van der Waals surface area contributed by atoms with Gasteiger partial charge in [-0.1, -0.05) is 48.5 Å². The van der Waals surface area contributed by atoms with Crippen molar-refractivity contribution in [1.82, 2.24) is 10.2 Å². The van der Waals surface area contributed by atoms with Crippen molar-refractivity contribution in [3.63, 3.8) is 0 Å². The van der Waals surface area contributed by atoms with Crippen molar-refractivity contribution < 1.29 is 9.59 Å². The van der Waals surface area contributed by atoms with Crippen LogP contribution in [0.4, 0.5) is 5.69 Å². The van der Waals surface area contributed by atoms with Gasteiger partial charge in [-0.25, -0.2) is 0 Å². The molecule has 2 amide bonds. The highest BCUT2D eigenvalue weighted by Crippen LogP contribution is 2.29. The highest BCUT2D eigenvalue weighted by atomic mass is 16.2. The summed E-state index contributed by atoms with van der Waals surface area (Å²) in [5.41, 5.74) is 2.99. The van der Waals surface area contributed by atoms with E-state index in [0.29, 0.717) is 12.5 Å². The van der Waals surface area contributed by atoms with Crippen LogP contribution in [0.25, 0.3) is 11.1 Å². The number of carbonyl (C=O) groups is 2. The summed E-state index contributed by atoms with van der Waals surface area (Å²) < 4.78 is 0. The Bertz CT molecular complexity index is 963. The Morgan fingerprint density at radius 2 is 1.70 bits per heavy atom. The smallest absolute Gasteiger partial charge is 0.250 e. The summed E-state index contributed by atoms with van der Waals surface area (Å²) in [6.07, 6.45) is 5.64. The van der Waals surface area contributed by atoms with E-state index in [1.54, 1.807) is 17.1 Å². The normalized spacial score (nSPS) is 27.9. The molecule has 4 heterocycles. The summed E-state index contributed by atoms with van der Waals surface area (Å²) in [5.74, 6) is 0.221. The fraction of sp³-hybridized carbons (Fsp3) is 0.360. The summed E-state index contributed by atoms with van der Waals surface area (Å²) in [4.78, 5) is 29.8. The van der Waals surface area contributed by atoms with Crippen LogP contribution in [0.1, 0.15) is 12.8 Å². The summed E-state index contributed by atoms with van der Waals surface area (Å²) in [6.45, 7) is 3.63. The van der Waals surface area contributed by atoms with E-state index in [1.165, 1.54) is 12.8 Å². The highest BCUT2D eigenvalue weighted by molar-refractivity contribution is 6.04. The molecule has 4 aliphatic heterocycles. The minimum atomic E-state index is -0.321.